The summed E-state index contributed by atoms with van der Waals surface area (Å²) >= 11 is 1.66. The number of aromatic carboxylic acids is 1. The monoisotopic (exact) mass is 351 g/mol. The van der Waals surface area contributed by atoms with Gasteiger partial charge in [0.15, 0.2) is 5.75 Å². The Morgan fingerprint density at radius 1 is 0.920 bits per heavy atom. The van der Waals surface area contributed by atoms with E-state index in [0.717, 1.165) is 15.4 Å². The Labute approximate surface area is 150 Å². The second kappa shape index (κ2) is 7.77. The van der Waals surface area contributed by atoms with Crippen molar-refractivity contribution in [2.24, 2.45) is 0 Å². The largest absolute Gasteiger partial charge is 0.505 e. The summed E-state index contributed by atoms with van der Waals surface area (Å²) in [6, 6.07) is 22.7. The molecule has 0 fully saturated rings. The molecule has 0 amide bonds. The van der Waals surface area contributed by atoms with Gasteiger partial charge >= 0.3 is 5.97 Å². The maximum atomic E-state index is 11.1. The molecule has 0 saturated carbocycles. The van der Waals surface area contributed by atoms with Crippen molar-refractivity contribution >= 4 is 23.4 Å². The van der Waals surface area contributed by atoms with Crippen LogP contribution in [0.5, 0.6) is 5.75 Å². The van der Waals surface area contributed by atoms with Crippen LogP contribution in [0.4, 0.5) is 5.69 Å². The molecule has 0 spiro atoms. The number of hydrogen-bond donors (Lipinski definition) is 3. The molecule has 3 rings (SSSR count). The summed E-state index contributed by atoms with van der Waals surface area (Å²) < 4.78 is 0. The number of para-hydroxylation sites is 1. The quantitative estimate of drug-likeness (QED) is 0.554. The van der Waals surface area contributed by atoms with E-state index < -0.39 is 5.97 Å². The van der Waals surface area contributed by atoms with Crippen LogP contribution in [-0.4, -0.2) is 16.2 Å². The summed E-state index contributed by atoms with van der Waals surface area (Å²) in [5.74, 6) is -1.40. The second-order valence-electron chi connectivity index (χ2n) is 5.38. The lowest BCUT2D eigenvalue weighted by molar-refractivity contribution is 0.0694. The molecule has 3 N–H and O–H groups in total. The van der Waals surface area contributed by atoms with Gasteiger partial charge in [0, 0.05) is 16.3 Å². The number of phenols is 1. The van der Waals surface area contributed by atoms with Crippen LogP contribution < -0.4 is 5.32 Å². The van der Waals surface area contributed by atoms with Crippen molar-refractivity contribution in [1.29, 1.82) is 0 Å². The molecular formula is C20H17NO3S. The first-order chi connectivity index (χ1) is 12.1. The number of rotatable bonds is 6. The Morgan fingerprint density at radius 3 is 2.40 bits per heavy atom. The molecule has 126 valence electrons. The zero-order valence-electron chi connectivity index (χ0n) is 13.3. The molecule has 0 aliphatic carbocycles. The molecule has 25 heavy (non-hydrogen) atoms. The van der Waals surface area contributed by atoms with Crippen molar-refractivity contribution in [3.63, 3.8) is 0 Å². The molecule has 0 bridgehead atoms. The average Bonchev–Trinajstić information content (AvgIpc) is 2.62. The van der Waals surface area contributed by atoms with Crippen molar-refractivity contribution in [3.8, 4) is 5.75 Å². The predicted molar refractivity (Wildman–Crippen MR) is 99.4 cm³/mol. The van der Waals surface area contributed by atoms with Gasteiger partial charge in [0.05, 0.1) is 5.69 Å². The van der Waals surface area contributed by atoms with Gasteiger partial charge in [-0.15, -0.1) is 0 Å². The van der Waals surface area contributed by atoms with E-state index in [1.807, 2.05) is 42.5 Å². The summed E-state index contributed by atoms with van der Waals surface area (Å²) in [6.45, 7) is 0.479. The summed E-state index contributed by atoms with van der Waals surface area (Å²) in [6.07, 6.45) is 0. The highest BCUT2D eigenvalue weighted by molar-refractivity contribution is 7.99. The third-order valence-electron chi connectivity index (χ3n) is 3.68. The van der Waals surface area contributed by atoms with Gasteiger partial charge in [-0.2, -0.15) is 0 Å². The second-order valence-corrected chi connectivity index (χ2v) is 6.50. The highest BCUT2D eigenvalue weighted by Gasteiger charge is 2.13. The van der Waals surface area contributed by atoms with Crippen molar-refractivity contribution < 1.29 is 15.0 Å². The molecule has 0 aromatic heterocycles. The third-order valence-corrected chi connectivity index (χ3v) is 4.81. The average molecular weight is 351 g/mol. The first-order valence-corrected chi connectivity index (χ1v) is 8.57. The molecule has 0 aliphatic rings. The van der Waals surface area contributed by atoms with Crippen molar-refractivity contribution in [2.75, 3.05) is 5.32 Å². The van der Waals surface area contributed by atoms with Crippen LogP contribution in [0.2, 0.25) is 0 Å². The van der Waals surface area contributed by atoms with Crippen LogP contribution in [-0.2, 0) is 6.54 Å². The van der Waals surface area contributed by atoms with E-state index in [2.05, 4.69) is 17.4 Å². The van der Waals surface area contributed by atoms with E-state index in [1.54, 1.807) is 23.9 Å². The summed E-state index contributed by atoms with van der Waals surface area (Å²) in [7, 11) is 0. The number of carbonyl (C=O) groups is 1. The van der Waals surface area contributed by atoms with E-state index in [9.17, 15) is 9.90 Å². The fourth-order valence-electron chi connectivity index (χ4n) is 2.41. The number of carboxylic acid groups (broad SMARTS) is 1. The SMILES string of the molecule is O=C(O)c1cccc(NCc2ccccc2Sc2ccccc2)c1O. The Hall–Kier alpha value is -2.92. The molecule has 0 atom stereocenters. The molecular weight excluding hydrogens is 334 g/mol. The number of nitrogens with one attached hydrogen (secondary N) is 1. The highest BCUT2D eigenvalue weighted by atomic mass is 32.2. The van der Waals surface area contributed by atoms with Gasteiger partial charge in [0.2, 0.25) is 0 Å². The van der Waals surface area contributed by atoms with Gasteiger partial charge in [0.1, 0.15) is 5.56 Å². The maximum Gasteiger partial charge on any atom is 0.339 e. The van der Waals surface area contributed by atoms with Gasteiger partial charge < -0.3 is 15.5 Å². The van der Waals surface area contributed by atoms with Crippen LogP contribution in [0.15, 0.2) is 82.6 Å². The summed E-state index contributed by atoms with van der Waals surface area (Å²) in [4.78, 5) is 13.4. The molecule has 0 aliphatic heterocycles. The van der Waals surface area contributed by atoms with E-state index in [-0.39, 0.29) is 11.3 Å². The smallest absolute Gasteiger partial charge is 0.339 e. The normalized spacial score (nSPS) is 10.4. The van der Waals surface area contributed by atoms with Crippen LogP contribution in [0, 0.1) is 0 Å². The molecule has 0 heterocycles. The molecule has 3 aromatic rings. The maximum absolute atomic E-state index is 11.1. The molecule has 5 heteroatoms. The number of carboxylic acids is 1. The van der Waals surface area contributed by atoms with Crippen LogP contribution in [0.1, 0.15) is 15.9 Å². The van der Waals surface area contributed by atoms with E-state index >= 15 is 0 Å². The molecule has 4 nitrogen and oxygen atoms in total. The first kappa shape index (κ1) is 16.9. The minimum atomic E-state index is -1.15. The van der Waals surface area contributed by atoms with E-state index in [1.165, 1.54) is 6.07 Å². The Balaban J connectivity index is 1.78. The van der Waals surface area contributed by atoms with Gasteiger partial charge in [-0.05, 0) is 35.9 Å². The first-order valence-electron chi connectivity index (χ1n) is 7.75. The highest BCUT2D eigenvalue weighted by Crippen LogP contribution is 2.32. The minimum Gasteiger partial charge on any atom is -0.505 e. The molecule has 0 unspecified atom stereocenters. The predicted octanol–water partition coefficient (Wildman–Crippen LogP) is 4.85. The summed E-state index contributed by atoms with van der Waals surface area (Å²) in [5.41, 5.74) is 1.35. The van der Waals surface area contributed by atoms with Gasteiger partial charge in [-0.25, -0.2) is 4.79 Å². The van der Waals surface area contributed by atoms with Gasteiger partial charge in [0.25, 0.3) is 0 Å². The van der Waals surface area contributed by atoms with Gasteiger partial charge in [-0.1, -0.05) is 54.2 Å². The summed E-state index contributed by atoms with van der Waals surface area (Å²) in [5, 5.41) is 22.3. The fourth-order valence-corrected chi connectivity index (χ4v) is 3.38. The van der Waals surface area contributed by atoms with Crippen molar-refractivity contribution in [2.45, 2.75) is 16.3 Å². The lowest BCUT2D eigenvalue weighted by Crippen LogP contribution is -2.04. The van der Waals surface area contributed by atoms with E-state index in [4.69, 9.17) is 5.11 Å². The topological polar surface area (TPSA) is 69.6 Å². The van der Waals surface area contributed by atoms with E-state index in [0.29, 0.717) is 12.2 Å². The van der Waals surface area contributed by atoms with Crippen molar-refractivity contribution in [3.05, 3.63) is 83.9 Å². The number of benzene rings is 3. The standard InChI is InChI=1S/C20H17NO3S/c22-19-16(20(23)24)10-6-11-17(19)21-13-14-7-4-5-12-18(14)25-15-8-2-1-3-9-15/h1-12,21-22H,13H2,(H,23,24). The third kappa shape index (κ3) is 4.14. The Kier molecular flexibility index (Phi) is 5.26. The lowest BCUT2D eigenvalue weighted by Gasteiger charge is -2.13. The number of anilines is 1. The number of aromatic hydroxyl groups is 1. The Bertz CT molecular complexity index is 881. The molecule has 3 aromatic carbocycles. The van der Waals surface area contributed by atoms with Gasteiger partial charge in [-0.3, -0.25) is 0 Å². The minimum absolute atomic E-state index is 0.114. The zero-order valence-corrected chi connectivity index (χ0v) is 14.2. The van der Waals surface area contributed by atoms with Crippen LogP contribution in [0.25, 0.3) is 0 Å². The number of hydrogen-bond acceptors (Lipinski definition) is 4. The zero-order chi connectivity index (χ0) is 17.6. The lowest BCUT2D eigenvalue weighted by atomic mass is 10.1. The van der Waals surface area contributed by atoms with Crippen molar-refractivity contribution in [1.82, 2.24) is 0 Å². The Morgan fingerprint density at radius 2 is 1.64 bits per heavy atom. The fraction of sp³-hybridized carbons (Fsp3) is 0.0500. The molecule has 0 radical (unpaired) electrons. The van der Waals surface area contributed by atoms with Crippen LogP contribution >= 0.6 is 11.8 Å². The molecule has 0 saturated heterocycles. The van der Waals surface area contributed by atoms with Crippen LogP contribution in [0.3, 0.4) is 0 Å².